The first-order valence-electron chi connectivity index (χ1n) is 10.9. The first-order valence-corrected chi connectivity index (χ1v) is 12.2. The van der Waals surface area contributed by atoms with E-state index in [1.54, 1.807) is 11.6 Å². The van der Waals surface area contributed by atoms with Crippen molar-refractivity contribution in [1.29, 1.82) is 0 Å². The molecular formula is C22H30FN5O3S2. The van der Waals surface area contributed by atoms with Gasteiger partial charge in [0.15, 0.2) is 5.69 Å². The fourth-order valence-electron chi connectivity index (χ4n) is 3.73. The van der Waals surface area contributed by atoms with Crippen LogP contribution >= 0.6 is 25.3 Å². The maximum absolute atomic E-state index is 13.7. The van der Waals surface area contributed by atoms with E-state index < -0.39 is 11.8 Å². The Morgan fingerprint density at radius 2 is 2.06 bits per heavy atom. The number of aromatic nitrogens is 2. The Morgan fingerprint density at radius 1 is 1.24 bits per heavy atom. The van der Waals surface area contributed by atoms with Gasteiger partial charge in [-0.2, -0.15) is 25.3 Å². The molecule has 0 saturated heterocycles. The molecule has 1 aromatic carbocycles. The second kappa shape index (κ2) is 12.4. The van der Waals surface area contributed by atoms with E-state index in [4.69, 9.17) is 4.74 Å². The Kier molecular flexibility index (Phi) is 9.60. The zero-order chi connectivity index (χ0) is 23.8. The van der Waals surface area contributed by atoms with Crippen molar-refractivity contribution in [3.05, 3.63) is 47.3 Å². The number of carbonyl (C=O) groups is 2. The predicted molar refractivity (Wildman–Crippen MR) is 131 cm³/mol. The fourth-order valence-corrected chi connectivity index (χ4v) is 4.18. The molecule has 1 amide bonds. The lowest BCUT2D eigenvalue weighted by Crippen LogP contribution is -2.35. The van der Waals surface area contributed by atoms with E-state index in [9.17, 15) is 14.0 Å². The SMILES string of the molecule is CN1Cc2c(C(=O)OCCCN(CCS)CCNCCS)ncn2-c2ccc(F)cc2C1=O. The molecule has 0 radical (unpaired) electrons. The standard InChI is InChI=1S/C22H30FN5O3S2/c1-26-14-19-20(25-15-28(19)18-4-3-16(23)13-17(18)21(26)29)22(30)31-10-2-7-27(9-12-33)8-5-24-6-11-32/h3-4,13,15,24,32-33H,2,5-12,14H2,1H3. The first kappa shape index (κ1) is 25.5. The number of carbonyl (C=O) groups excluding carboxylic acids is 2. The van der Waals surface area contributed by atoms with Gasteiger partial charge in [0.05, 0.1) is 30.1 Å². The number of rotatable bonds is 12. The molecule has 1 aliphatic heterocycles. The van der Waals surface area contributed by atoms with Gasteiger partial charge in [-0.15, -0.1) is 0 Å². The van der Waals surface area contributed by atoms with Gasteiger partial charge in [0.25, 0.3) is 5.91 Å². The van der Waals surface area contributed by atoms with Gasteiger partial charge in [0, 0.05) is 51.3 Å². The number of halogens is 1. The van der Waals surface area contributed by atoms with Crippen LogP contribution in [0.5, 0.6) is 0 Å². The van der Waals surface area contributed by atoms with Crippen molar-refractivity contribution in [2.75, 3.05) is 57.9 Å². The highest BCUT2D eigenvalue weighted by Gasteiger charge is 2.29. The predicted octanol–water partition coefficient (Wildman–Crippen LogP) is 1.90. The zero-order valence-corrected chi connectivity index (χ0v) is 20.5. The number of hydrogen-bond donors (Lipinski definition) is 3. The van der Waals surface area contributed by atoms with Gasteiger partial charge in [-0.1, -0.05) is 0 Å². The Morgan fingerprint density at radius 3 is 2.82 bits per heavy atom. The number of amides is 1. The molecular weight excluding hydrogens is 465 g/mol. The van der Waals surface area contributed by atoms with Crippen molar-refractivity contribution < 1.29 is 18.7 Å². The molecule has 1 aliphatic rings. The number of hydrogen-bond acceptors (Lipinski definition) is 8. The highest BCUT2D eigenvalue weighted by molar-refractivity contribution is 7.80. The summed E-state index contributed by atoms with van der Waals surface area (Å²) in [5, 5.41) is 3.31. The van der Waals surface area contributed by atoms with E-state index in [1.165, 1.54) is 29.4 Å². The molecule has 0 saturated carbocycles. The molecule has 11 heteroatoms. The molecule has 0 unspecified atom stereocenters. The topological polar surface area (TPSA) is 79.7 Å². The van der Waals surface area contributed by atoms with E-state index in [0.717, 1.165) is 44.2 Å². The number of fused-ring (bicyclic) bond motifs is 3. The van der Waals surface area contributed by atoms with Gasteiger partial charge >= 0.3 is 5.97 Å². The van der Waals surface area contributed by atoms with Crippen molar-refractivity contribution >= 4 is 37.1 Å². The summed E-state index contributed by atoms with van der Waals surface area (Å²) in [6.07, 6.45) is 2.16. The van der Waals surface area contributed by atoms with Crippen molar-refractivity contribution in [3.8, 4) is 5.69 Å². The van der Waals surface area contributed by atoms with Crippen LogP contribution < -0.4 is 5.32 Å². The summed E-state index contributed by atoms with van der Waals surface area (Å²) in [5.41, 5.74) is 1.41. The lowest BCUT2D eigenvalue weighted by molar-refractivity contribution is 0.0478. The van der Waals surface area contributed by atoms with Gasteiger partial charge in [0.2, 0.25) is 0 Å². The zero-order valence-electron chi connectivity index (χ0n) is 18.7. The molecule has 0 aliphatic carbocycles. The lowest BCUT2D eigenvalue weighted by atomic mass is 10.1. The summed E-state index contributed by atoms with van der Waals surface area (Å²) in [7, 11) is 1.61. The van der Waals surface area contributed by atoms with Gasteiger partial charge in [-0.3, -0.25) is 9.36 Å². The number of ether oxygens (including phenoxy) is 1. The van der Waals surface area contributed by atoms with Gasteiger partial charge in [-0.25, -0.2) is 14.2 Å². The van der Waals surface area contributed by atoms with E-state index >= 15 is 0 Å². The smallest absolute Gasteiger partial charge is 0.358 e. The summed E-state index contributed by atoms with van der Waals surface area (Å²) in [5.74, 6) is 0.201. The minimum atomic E-state index is -0.536. The largest absolute Gasteiger partial charge is 0.461 e. The molecule has 2 aromatic rings. The third kappa shape index (κ3) is 6.50. The normalized spacial score (nSPS) is 13.1. The van der Waals surface area contributed by atoms with Crippen LogP contribution in [-0.2, 0) is 11.3 Å². The van der Waals surface area contributed by atoms with Gasteiger partial charge in [-0.05, 0) is 24.6 Å². The van der Waals surface area contributed by atoms with Crippen LogP contribution in [0.3, 0.4) is 0 Å². The van der Waals surface area contributed by atoms with E-state index in [1.807, 2.05) is 0 Å². The highest BCUT2D eigenvalue weighted by Crippen LogP contribution is 2.26. The molecule has 0 spiro atoms. The quantitative estimate of drug-likeness (QED) is 0.237. The molecule has 2 heterocycles. The van der Waals surface area contributed by atoms with Crippen LogP contribution in [-0.4, -0.2) is 89.1 Å². The molecule has 0 fully saturated rings. The van der Waals surface area contributed by atoms with E-state index in [2.05, 4.69) is 40.5 Å². The van der Waals surface area contributed by atoms with E-state index in [-0.39, 0.29) is 30.3 Å². The van der Waals surface area contributed by atoms with Crippen LogP contribution in [0.1, 0.15) is 33.0 Å². The van der Waals surface area contributed by atoms with Crippen molar-refractivity contribution in [2.45, 2.75) is 13.0 Å². The van der Waals surface area contributed by atoms with Crippen molar-refractivity contribution in [1.82, 2.24) is 24.7 Å². The maximum Gasteiger partial charge on any atom is 0.358 e. The summed E-state index contributed by atoms with van der Waals surface area (Å²) in [6.45, 7) is 4.68. The minimum absolute atomic E-state index is 0.161. The fraction of sp³-hybridized carbons (Fsp3) is 0.500. The summed E-state index contributed by atoms with van der Waals surface area (Å²) in [4.78, 5) is 33.4. The summed E-state index contributed by atoms with van der Waals surface area (Å²) < 4.78 is 20.9. The number of imidazole rings is 1. The van der Waals surface area contributed by atoms with Gasteiger partial charge < -0.3 is 19.9 Å². The van der Waals surface area contributed by atoms with E-state index in [0.29, 0.717) is 17.8 Å². The second-order valence-corrected chi connectivity index (χ2v) is 8.66. The van der Waals surface area contributed by atoms with Crippen molar-refractivity contribution in [2.24, 2.45) is 0 Å². The molecule has 0 bridgehead atoms. The average molecular weight is 496 g/mol. The molecule has 0 atom stereocenters. The second-order valence-electron chi connectivity index (χ2n) is 7.76. The van der Waals surface area contributed by atoms with Crippen LogP contribution in [0.15, 0.2) is 24.5 Å². The number of nitrogens with one attached hydrogen (secondary N) is 1. The number of benzene rings is 1. The summed E-state index contributed by atoms with van der Waals surface area (Å²) in [6, 6.07) is 4.00. The van der Waals surface area contributed by atoms with Gasteiger partial charge in [0.1, 0.15) is 12.1 Å². The van der Waals surface area contributed by atoms with Crippen LogP contribution in [0.25, 0.3) is 5.69 Å². The molecule has 180 valence electrons. The average Bonchev–Trinajstić information content (AvgIpc) is 3.18. The third-order valence-corrected chi connectivity index (χ3v) is 5.83. The monoisotopic (exact) mass is 495 g/mol. The van der Waals surface area contributed by atoms with Crippen LogP contribution in [0.2, 0.25) is 0 Å². The lowest BCUT2D eigenvalue weighted by Gasteiger charge is -2.21. The Balaban J connectivity index is 1.61. The number of thiol groups is 2. The molecule has 33 heavy (non-hydrogen) atoms. The molecule has 8 nitrogen and oxygen atoms in total. The third-order valence-electron chi connectivity index (χ3n) is 5.40. The first-order chi connectivity index (χ1) is 16.0. The summed E-state index contributed by atoms with van der Waals surface area (Å²) >= 11 is 8.50. The minimum Gasteiger partial charge on any atom is -0.461 e. The molecule has 3 rings (SSSR count). The number of esters is 1. The molecule has 1 N–H and O–H groups in total. The maximum atomic E-state index is 13.7. The Bertz CT molecular complexity index is 972. The van der Waals surface area contributed by atoms with Crippen LogP contribution in [0, 0.1) is 5.82 Å². The van der Waals surface area contributed by atoms with Crippen LogP contribution in [0.4, 0.5) is 4.39 Å². The Hall–Kier alpha value is -2.08. The molecule has 1 aromatic heterocycles. The highest BCUT2D eigenvalue weighted by atomic mass is 32.1. The Labute approximate surface area is 204 Å². The number of nitrogens with zero attached hydrogens (tertiary/aromatic N) is 4. The van der Waals surface area contributed by atoms with Crippen molar-refractivity contribution in [3.63, 3.8) is 0 Å².